The van der Waals surface area contributed by atoms with Crippen LogP contribution in [0.15, 0.2) is 21.6 Å². The van der Waals surface area contributed by atoms with Crippen LogP contribution in [0, 0.1) is 5.92 Å². The number of aromatic nitrogens is 2. The van der Waals surface area contributed by atoms with Crippen molar-refractivity contribution in [1.82, 2.24) is 9.55 Å². The van der Waals surface area contributed by atoms with Gasteiger partial charge < -0.3 is 19.9 Å². The van der Waals surface area contributed by atoms with Gasteiger partial charge in [0.05, 0.1) is 0 Å². The highest BCUT2D eigenvalue weighted by Gasteiger charge is 2.28. The van der Waals surface area contributed by atoms with Crippen LogP contribution in [0.4, 0.5) is 11.5 Å². The summed E-state index contributed by atoms with van der Waals surface area (Å²) in [6, 6.07) is 0. The first-order chi connectivity index (χ1) is 12.9. The molecule has 0 spiro atoms. The van der Waals surface area contributed by atoms with Crippen molar-refractivity contribution in [2.75, 3.05) is 44.1 Å². The summed E-state index contributed by atoms with van der Waals surface area (Å²) in [6.07, 6.45) is 1.67. The normalized spacial score (nSPS) is 13.7. The molecule has 0 radical (unpaired) electrons. The molecule has 3 N–H and O–H groups in total. The van der Waals surface area contributed by atoms with E-state index in [9.17, 15) is 14.4 Å². The molecule has 0 bridgehead atoms. The van der Waals surface area contributed by atoms with Gasteiger partial charge in [0.1, 0.15) is 25.3 Å². The number of ether oxygens (including phenoxy) is 3. The van der Waals surface area contributed by atoms with Gasteiger partial charge in [-0.3, -0.25) is 24.0 Å². The number of carbonyl (C=O) groups excluding carboxylic acids is 1. The number of H-pyrrole nitrogens is 1. The Balaban J connectivity index is 2.51. The Morgan fingerprint density at radius 3 is 2.74 bits per heavy atom. The predicted molar refractivity (Wildman–Crippen MR) is 99.4 cm³/mol. The van der Waals surface area contributed by atoms with Gasteiger partial charge in [-0.25, -0.2) is 4.79 Å². The van der Waals surface area contributed by atoms with E-state index in [2.05, 4.69) is 4.98 Å². The van der Waals surface area contributed by atoms with Crippen LogP contribution in [0.5, 0.6) is 0 Å². The van der Waals surface area contributed by atoms with Gasteiger partial charge in [-0.15, -0.1) is 0 Å². The van der Waals surface area contributed by atoms with E-state index in [1.165, 1.54) is 22.8 Å². The SMILES string of the molecule is COCCCN(C(=O)C1=COCCO1)c1c(N)n(CC(C)C)c(=O)[nH]c1=O. The van der Waals surface area contributed by atoms with Gasteiger partial charge >= 0.3 is 5.69 Å². The molecule has 10 nitrogen and oxygen atoms in total. The number of nitrogens with two attached hydrogens (primary N) is 1. The third-order valence-electron chi connectivity index (χ3n) is 3.87. The zero-order valence-corrected chi connectivity index (χ0v) is 15.8. The van der Waals surface area contributed by atoms with Crippen LogP contribution in [-0.2, 0) is 25.5 Å². The maximum atomic E-state index is 12.9. The number of nitrogens with zero attached hydrogens (tertiary/aromatic N) is 2. The molecule has 0 unspecified atom stereocenters. The van der Waals surface area contributed by atoms with Gasteiger partial charge in [0, 0.05) is 26.8 Å². The van der Waals surface area contributed by atoms with Crippen molar-refractivity contribution in [3.63, 3.8) is 0 Å². The molecule has 1 amide bonds. The van der Waals surface area contributed by atoms with E-state index in [4.69, 9.17) is 19.9 Å². The van der Waals surface area contributed by atoms with E-state index in [1.807, 2.05) is 13.8 Å². The van der Waals surface area contributed by atoms with E-state index in [1.54, 1.807) is 0 Å². The van der Waals surface area contributed by atoms with Crippen molar-refractivity contribution >= 4 is 17.4 Å². The summed E-state index contributed by atoms with van der Waals surface area (Å²) in [5.74, 6) is -0.559. The summed E-state index contributed by atoms with van der Waals surface area (Å²) in [5, 5.41) is 0. The molecule has 1 aromatic rings. The molecule has 0 saturated heterocycles. The minimum absolute atomic E-state index is 0.0286. The average molecular weight is 382 g/mol. The summed E-state index contributed by atoms with van der Waals surface area (Å²) in [7, 11) is 1.54. The van der Waals surface area contributed by atoms with Gasteiger partial charge in [-0.2, -0.15) is 0 Å². The number of methoxy groups -OCH3 is 1. The maximum absolute atomic E-state index is 12.9. The van der Waals surface area contributed by atoms with E-state index in [-0.39, 0.29) is 36.3 Å². The number of amides is 1. The molecule has 2 heterocycles. The van der Waals surface area contributed by atoms with E-state index >= 15 is 0 Å². The Morgan fingerprint density at radius 1 is 1.41 bits per heavy atom. The number of anilines is 2. The number of rotatable bonds is 8. The minimum atomic E-state index is -0.736. The molecular formula is C17H26N4O6. The number of hydrogen-bond donors (Lipinski definition) is 2. The lowest BCUT2D eigenvalue weighted by Gasteiger charge is -2.26. The summed E-state index contributed by atoms with van der Waals surface area (Å²) < 4.78 is 16.8. The van der Waals surface area contributed by atoms with E-state index in [0.717, 1.165) is 0 Å². The van der Waals surface area contributed by atoms with Crippen molar-refractivity contribution in [2.45, 2.75) is 26.8 Å². The quantitative estimate of drug-likeness (QED) is 0.607. The first-order valence-corrected chi connectivity index (χ1v) is 8.74. The Hall–Kier alpha value is -2.75. The van der Waals surface area contributed by atoms with Crippen LogP contribution < -0.4 is 21.9 Å². The summed E-state index contributed by atoms with van der Waals surface area (Å²) in [4.78, 5) is 41.0. The molecular weight excluding hydrogens is 356 g/mol. The first-order valence-electron chi connectivity index (χ1n) is 8.74. The first kappa shape index (κ1) is 20.6. The topological polar surface area (TPSA) is 129 Å². The minimum Gasteiger partial charge on any atom is -0.494 e. The van der Waals surface area contributed by atoms with E-state index < -0.39 is 17.2 Å². The molecule has 1 aromatic heterocycles. The lowest BCUT2D eigenvalue weighted by molar-refractivity contribution is -0.119. The third kappa shape index (κ3) is 4.91. The summed E-state index contributed by atoms with van der Waals surface area (Å²) >= 11 is 0. The Labute approximate surface area is 156 Å². The third-order valence-corrected chi connectivity index (χ3v) is 3.87. The van der Waals surface area contributed by atoms with Crippen LogP contribution >= 0.6 is 0 Å². The van der Waals surface area contributed by atoms with Gasteiger partial charge in [0.25, 0.3) is 11.5 Å². The van der Waals surface area contributed by atoms with Crippen molar-refractivity contribution < 1.29 is 19.0 Å². The number of carbonyl (C=O) groups is 1. The lowest BCUT2D eigenvalue weighted by atomic mass is 10.2. The van der Waals surface area contributed by atoms with Gasteiger partial charge in [0.15, 0.2) is 5.69 Å². The molecule has 0 aliphatic carbocycles. The fourth-order valence-electron chi connectivity index (χ4n) is 2.68. The molecule has 1 aliphatic heterocycles. The van der Waals surface area contributed by atoms with Gasteiger partial charge in [-0.05, 0) is 12.3 Å². The zero-order valence-electron chi connectivity index (χ0n) is 15.8. The molecule has 150 valence electrons. The number of aromatic amines is 1. The van der Waals surface area contributed by atoms with Gasteiger partial charge in [0.2, 0.25) is 5.76 Å². The van der Waals surface area contributed by atoms with Crippen LogP contribution in [0.3, 0.4) is 0 Å². The molecule has 10 heteroatoms. The van der Waals surface area contributed by atoms with Crippen molar-refractivity contribution in [2.24, 2.45) is 5.92 Å². The summed E-state index contributed by atoms with van der Waals surface area (Å²) in [5.41, 5.74) is 4.69. The van der Waals surface area contributed by atoms with Crippen molar-refractivity contribution in [3.8, 4) is 0 Å². The van der Waals surface area contributed by atoms with Crippen molar-refractivity contribution in [1.29, 1.82) is 0 Å². The Kier molecular flexibility index (Phi) is 7.05. The second kappa shape index (κ2) is 9.26. The average Bonchev–Trinajstić information content (AvgIpc) is 2.64. The molecule has 0 saturated carbocycles. The van der Waals surface area contributed by atoms with Crippen molar-refractivity contribution in [3.05, 3.63) is 32.9 Å². The summed E-state index contributed by atoms with van der Waals surface area (Å²) in [6.45, 7) is 5.22. The smallest absolute Gasteiger partial charge is 0.330 e. The zero-order chi connectivity index (χ0) is 20.0. The number of hydrogen-bond acceptors (Lipinski definition) is 7. The Morgan fingerprint density at radius 2 is 2.15 bits per heavy atom. The van der Waals surface area contributed by atoms with Crippen LogP contribution in [0.2, 0.25) is 0 Å². The lowest BCUT2D eigenvalue weighted by Crippen LogP contribution is -2.43. The molecule has 2 rings (SSSR count). The van der Waals surface area contributed by atoms with Crippen LogP contribution in [0.25, 0.3) is 0 Å². The standard InChI is InChI=1S/C17H26N4O6/c1-11(2)9-21-14(18)13(15(22)19-17(21)24)20(5-4-6-25-3)16(23)12-10-26-7-8-27-12/h10-11H,4-9,18H2,1-3H3,(H,19,22,24). The molecule has 0 fully saturated rings. The predicted octanol–water partition coefficient (Wildman–Crippen LogP) is 0.0325. The van der Waals surface area contributed by atoms with Crippen LogP contribution in [-0.4, -0.2) is 48.9 Å². The van der Waals surface area contributed by atoms with E-state index in [0.29, 0.717) is 26.2 Å². The molecule has 27 heavy (non-hydrogen) atoms. The number of nitrogens with one attached hydrogen (secondary N) is 1. The second-order valence-electron chi connectivity index (χ2n) is 6.50. The number of nitrogen functional groups attached to an aromatic ring is 1. The molecule has 0 atom stereocenters. The Bertz CT molecular complexity index is 811. The maximum Gasteiger partial charge on any atom is 0.330 e. The van der Waals surface area contributed by atoms with Gasteiger partial charge in [-0.1, -0.05) is 13.8 Å². The van der Waals surface area contributed by atoms with Crippen LogP contribution in [0.1, 0.15) is 20.3 Å². The highest BCUT2D eigenvalue weighted by Crippen LogP contribution is 2.21. The molecule has 0 aromatic carbocycles. The molecule has 1 aliphatic rings. The highest BCUT2D eigenvalue weighted by molar-refractivity contribution is 6.05. The monoisotopic (exact) mass is 382 g/mol. The fraction of sp³-hybridized carbons (Fsp3) is 0.588. The largest absolute Gasteiger partial charge is 0.494 e. The second-order valence-corrected chi connectivity index (χ2v) is 6.50. The highest BCUT2D eigenvalue weighted by atomic mass is 16.6. The fourth-order valence-corrected chi connectivity index (χ4v) is 2.68.